The quantitative estimate of drug-likeness (QED) is 0.915. The first kappa shape index (κ1) is 15.3. The lowest BCUT2D eigenvalue weighted by molar-refractivity contribution is -0.122. The maximum Gasteiger partial charge on any atom is 0.141 e. The number of ketones is 1. The highest BCUT2D eigenvalue weighted by molar-refractivity contribution is 6.13. The molecule has 22 heavy (non-hydrogen) atoms. The Morgan fingerprint density at radius 3 is 2.73 bits per heavy atom. The van der Waals surface area contributed by atoms with Crippen molar-refractivity contribution in [3.63, 3.8) is 0 Å². The Morgan fingerprint density at radius 1 is 1.27 bits per heavy atom. The molecule has 0 bridgehead atoms. The monoisotopic (exact) mass is 299 g/mol. The molecule has 0 amide bonds. The van der Waals surface area contributed by atoms with E-state index in [1.165, 1.54) is 24.8 Å². The van der Waals surface area contributed by atoms with E-state index >= 15 is 0 Å². The van der Waals surface area contributed by atoms with Crippen LogP contribution in [-0.2, 0) is 11.2 Å². The Balaban J connectivity index is 1.86. The lowest BCUT2D eigenvalue weighted by Crippen LogP contribution is -2.31. The van der Waals surface area contributed by atoms with Crippen LogP contribution >= 0.6 is 0 Å². The van der Waals surface area contributed by atoms with Gasteiger partial charge in [0.1, 0.15) is 11.5 Å². The smallest absolute Gasteiger partial charge is 0.141 e. The van der Waals surface area contributed by atoms with Crippen molar-refractivity contribution in [2.45, 2.75) is 64.3 Å². The Labute approximate surface area is 132 Å². The maximum absolute atomic E-state index is 12.6. The summed E-state index contributed by atoms with van der Waals surface area (Å²) in [5, 5.41) is 9.78. The number of hydrogen-bond donors (Lipinski definition) is 1. The molecule has 1 aromatic carbocycles. The lowest BCUT2D eigenvalue weighted by atomic mass is 9.81. The van der Waals surface area contributed by atoms with Gasteiger partial charge in [0, 0.05) is 17.9 Å². The van der Waals surface area contributed by atoms with Gasteiger partial charge in [-0.1, -0.05) is 25.3 Å². The van der Waals surface area contributed by atoms with E-state index in [-0.39, 0.29) is 17.2 Å². The third kappa shape index (κ3) is 3.23. The van der Waals surface area contributed by atoms with Gasteiger partial charge in [-0.05, 0) is 50.8 Å². The number of phenols is 1. The first-order chi connectivity index (χ1) is 10.4. The number of carbonyl (C=O) groups is 1. The standard InChI is InChI=1S/C19H25NO2/c1-19(2)12-14-8-9-15(21)10-16(14)17(20-19)11-18(22)13-6-4-3-5-7-13/h8-10,13,21H,3-7,11-12H2,1-2H3. The molecule has 0 saturated heterocycles. The van der Waals surface area contributed by atoms with Gasteiger partial charge in [-0.3, -0.25) is 9.79 Å². The molecule has 0 aromatic heterocycles. The summed E-state index contributed by atoms with van der Waals surface area (Å²) in [4.78, 5) is 17.4. The molecule has 1 fully saturated rings. The zero-order valence-corrected chi connectivity index (χ0v) is 13.6. The van der Waals surface area contributed by atoms with Crippen molar-refractivity contribution < 1.29 is 9.90 Å². The van der Waals surface area contributed by atoms with Crippen LogP contribution in [0.5, 0.6) is 5.75 Å². The molecule has 0 spiro atoms. The number of hydrogen-bond acceptors (Lipinski definition) is 3. The van der Waals surface area contributed by atoms with Gasteiger partial charge in [-0.25, -0.2) is 0 Å². The zero-order chi connectivity index (χ0) is 15.7. The molecule has 1 aromatic rings. The molecule has 1 saturated carbocycles. The SMILES string of the molecule is CC1(C)Cc2ccc(O)cc2C(CC(=O)C2CCCCC2)=N1. The molecule has 1 N–H and O–H groups in total. The Hall–Kier alpha value is -1.64. The highest BCUT2D eigenvalue weighted by Gasteiger charge is 2.30. The third-order valence-electron chi connectivity index (χ3n) is 4.87. The minimum absolute atomic E-state index is 0.174. The molecule has 3 nitrogen and oxygen atoms in total. The summed E-state index contributed by atoms with van der Waals surface area (Å²) < 4.78 is 0. The summed E-state index contributed by atoms with van der Waals surface area (Å²) in [5.74, 6) is 0.781. The van der Waals surface area contributed by atoms with Gasteiger partial charge in [0.15, 0.2) is 0 Å². The number of phenolic OH excluding ortho intramolecular Hbond substituents is 1. The number of Topliss-reactive ketones (excluding diaryl/α,β-unsaturated/α-hetero) is 1. The predicted octanol–water partition coefficient (Wildman–Crippen LogP) is 4.06. The number of carbonyl (C=O) groups excluding carboxylic acids is 1. The fraction of sp³-hybridized carbons (Fsp3) is 0.579. The van der Waals surface area contributed by atoms with Crippen LogP contribution in [0.15, 0.2) is 23.2 Å². The van der Waals surface area contributed by atoms with Gasteiger partial charge in [0.05, 0.1) is 11.3 Å². The van der Waals surface area contributed by atoms with Crippen LogP contribution in [0.25, 0.3) is 0 Å². The van der Waals surface area contributed by atoms with Crippen LogP contribution in [0.2, 0.25) is 0 Å². The van der Waals surface area contributed by atoms with Crippen molar-refractivity contribution >= 4 is 11.5 Å². The second-order valence-electron chi connectivity index (χ2n) is 7.37. The van der Waals surface area contributed by atoms with E-state index in [2.05, 4.69) is 13.8 Å². The number of rotatable bonds is 3. The van der Waals surface area contributed by atoms with Gasteiger partial charge < -0.3 is 5.11 Å². The largest absolute Gasteiger partial charge is 0.508 e. The van der Waals surface area contributed by atoms with Gasteiger partial charge in [0.2, 0.25) is 0 Å². The van der Waals surface area contributed by atoms with E-state index in [9.17, 15) is 9.90 Å². The van der Waals surface area contributed by atoms with Gasteiger partial charge in [-0.15, -0.1) is 0 Å². The molecule has 3 rings (SSSR count). The van der Waals surface area contributed by atoms with Crippen LogP contribution < -0.4 is 0 Å². The van der Waals surface area contributed by atoms with E-state index in [0.717, 1.165) is 30.5 Å². The Kier molecular flexibility index (Phi) is 4.07. The summed E-state index contributed by atoms with van der Waals surface area (Å²) in [7, 11) is 0. The van der Waals surface area contributed by atoms with Crippen molar-refractivity contribution in [3.05, 3.63) is 29.3 Å². The van der Waals surface area contributed by atoms with Gasteiger partial charge >= 0.3 is 0 Å². The zero-order valence-electron chi connectivity index (χ0n) is 13.6. The molecule has 0 atom stereocenters. The fourth-order valence-corrected chi connectivity index (χ4v) is 3.79. The first-order valence-electron chi connectivity index (χ1n) is 8.38. The van der Waals surface area contributed by atoms with Crippen molar-refractivity contribution in [1.82, 2.24) is 0 Å². The highest BCUT2D eigenvalue weighted by Crippen LogP contribution is 2.32. The first-order valence-corrected chi connectivity index (χ1v) is 8.38. The Bertz CT molecular complexity index is 610. The van der Waals surface area contributed by atoms with Crippen LogP contribution in [-0.4, -0.2) is 22.1 Å². The van der Waals surface area contributed by atoms with E-state index in [1.54, 1.807) is 12.1 Å². The Morgan fingerprint density at radius 2 is 2.00 bits per heavy atom. The van der Waals surface area contributed by atoms with Crippen LogP contribution in [0.4, 0.5) is 0 Å². The van der Waals surface area contributed by atoms with Crippen LogP contribution in [0, 0.1) is 5.92 Å². The van der Waals surface area contributed by atoms with Gasteiger partial charge in [0.25, 0.3) is 0 Å². The molecule has 1 aliphatic carbocycles. The number of aliphatic imine (C=N–C) groups is 1. The van der Waals surface area contributed by atoms with Crippen molar-refractivity contribution in [2.75, 3.05) is 0 Å². The third-order valence-corrected chi connectivity index (χ3v) is 4.87. The van der Waals surface area contributed by atoms with Crippen molar-refractivity contribution in [2.24, 2.45) is 10.9 Å². The topological polar surface area (TPSA) is 49.7 Å². The number of aromatic hydroxyl groups is 1. The van der Waals surface area contributed by atoms with Crippen molar-refractivity contribution in [3.8, 4) is 5.75 Å². The number of benzene rings is 1. The summed E-state index contributed by atoms with van der Waals surface area (Å²) in [6.07, 6.45) is 6.92. The molecule has 1 heterocycles. The minimum Gasteiger partial charge on any atom is -0.508 e. The molecule has 118 valence electrons. The molecule has 2 aliphatic rings. The summed E-state index contributed by atoms with van der Waals surface area (Å²) in [6, 6.07) is 5.45. The minimum atomic E-state index is -0.174. The highest BCUT2D eigenvalue weighted by atomic mass is 16.3. The summed E-state index contributed by atoms with van der Waals surface area (Å²) in [6.45, 7) is 4.21. The molecule has 0 radical (unpaired) electrons. The fourth-order valence-electron chi connectivity index (χ4n) is 3.79. The molecule has 3 heteroatoms. The van der Waals surface area contributed by atoms with E-state index < -0.39 is 0 Å². The van der Waals surface area contributed by atoms with Crippen LogP contribution in [0.3, 0.4) is 0 Å². The summed E-state index contributed by atoms with van der Waals surface area (Å²) in [5.41, 5.74) is 2.83. The lowest BCUT2D eigenvalue weighted by Gasteiger charge is -2.30. The summed E-state index contributed by atoms with van der Waals surface area (Å²) >= 11 is 0. The van der Waals surface area contributed by atoms with E-state index in [1.807, 2.05) is 6.07 Å². The molecular formula is C19H25NO2. The van der Waals surface area contributed by atoms with Crippen LogP contribution in [0.1, 0.15) is 63.5 Å². The normalized spacial score (nSPS) is 21.1. The van der Waals surface area contributed by atoms with Crippen molar-refractivity contribution in [1.29, 1.82) is 0 Å². The molecule has 0 unspecified atom stereocenters. The van der Waals surface area contributed by atoms with E-state index in [0.29, 0.717) is 12.2 Å². The second kappa shape index (κ2) is 5.86. The molecular weight excluding hydrogens is 274 g/mol. The second-order valence-corrected chi connectivity index (χ2v) is 7.37. The molecule has 1 aliphatic heterocycles. The number of nitrogens with zero attached hydrogens (tertiary/aromatic N) is 1. The predicted molar refractivity (Wildman–Crippen MR) is 88.6 cm³/mol. The van der Waals surface area contributed by atoms with E-state index in [4.69, 9.17) is 4.99 Å². The maximum atomic E-state index is 12.6. The average Bonchev–Trinajstić information content (AvgIpc) is 2.48. The average molecular weight is 299 g/mol. The van der Waals surface area contributed by atoms with Gasteiger partial charge in [-0.2, -0.15) is 0 Å². The number of fused-ring (bicyclic) bond motifs is 1.